The summed E-state index contributed by atoms with van der Waals surface area (Å²) in [4.78, 5) is 11.3. The van der Waals surface area contributed by atoms with Crippen molar-refractivity contribution in [2.24, 2.45) is 0 Å². The predicted octanol–water partition coefficient (Wildman–Crippen LogP) is 2.21. The van der Waals surface area contributed by atoms with E-state index in [1.807, 2.05) is 0 Å². The number of hydrogen-bond donors (Lipinski definition) is 0. The molecule has 2 aromatic heterocycles. The van der Waals surface area contributed by atoms with Gasteiger partial charge >= 0.3 is 5.97 Å². The lowest BCUT2D eigenvalue weighted by atomic mass is 10.3. The van der Waals surface area contributed by atoms with E-state index in [1.54, 1.807) is 11.6 Å². The molecule has 0 atom stereocenters. The van der Waals surface area contributed by atoms with Crippen LogP contribution >= 0.6 is 23.1 Å². The number of carbonyl (C=O) groups excluding carboxylic acids is 1. The van der Waals surface area contributed by atoms with E-state index < -0.39 is 5.97 Å². The molecule has 0 fully saturated rings. The molecule has 0 saturated carbocycles. The zero-order valence-electron chi connectivity index (χ0n) is 8.37. The van der Waals surface area contributed by atoms with Crippen LogP contribution in [0.25, 0.3) is 0 Å². The van der Waals surface area contributed by atoms with Gasteiger partial charge in [0.25, 0.3) is 0 Å². The standard InChI is InChI=1S/C9H8N2O3S2/c1-13-8(12)7-6(2-3-14-7)4-15-9-11-10-5-16-9/h2-3,5H,4H2,1H3. The molecule has 0 amide bonds. The fraction of sp³-hybridized carbons (Fsp3) is 0.222. The Morgan fingerprint density at radius 3 is 3.25 bits per heavy atom. The van der Waals surface area contributed by atoms with Gasteiger partial charge in [0.05, 0.1) is 13.4 Å². The van der Waals surface area contributed by atoms with E-state index in [1.165, 1.54) is 36.5 Å². The number of aromatic nitrogens is 2. The van der Waals surface area contributed by atoms with Gasteiger partial charge in [0.1, 0.15) is 5.51 Å². The lowest BCUT2D eigenvalue weighted by Crippen LogP contribution is -2.02. The quantitative estimate of drug-likeness (QED) is 0.617. The first kappa shape index (κ1) is 11.2. The molecule has 0 saturated heterocycles. The highest BCUT2D eigenvalue weighted by atomic mass is 32.2. The molecule has 0 bridgehead atoms. The second kappa shape index (κ2) is 5.13. The minimum Gasteiger partial charge on any atom is -0.463 e. The van der Waals surface area contributed by atoms with E-state index >= 15 is 0 Å². The average molecular weight is 256 g/mol. The summed E-state index contributed by atoms with van der Waals surface area (Å²) in [5.74, 6) is 0.397. The van der Waals surface area contributed by atoms with Gasteiger partial charge in [0, 0.05) is 11.3 Å². The second-order valence-electron chi connectivity index (χ2n) is 2.76. The summed E-state index contributed by atoms with van der Waals surface area (Å²) < 4.78 is 10.5. The number of furan rings is 1. The fourth-order valence-electron chi connectivity index (χ4n) is 1.09. The van der Waals surface area contributed by atoms with Crippen LogP contribution in [0.4, 0.5) is 0 Å². The molecule has 0 radical (unpaired) electrons. The van der Waals surface area contributed by atoms with Crippen molar-refractivity contribution in [3.63, 3.8) is 0 Å². The van der Waals surface area contributed by atoms with Crippen LogP contribution in [0.2, 0.25) is 0 Å². The summed E-state index contributed by atoms with van der Waals surface area (Å²) in [7, 11) is 1.33. The maximum absolute atomic E-state index is 11.3. The number of carbonyl (C=O) groups is 1. The van der Waals surface area contributed by atoms with Crippen molar-refractivity contribution in [2.75, 3.05) is 7.11 Å². The number of rotatable bonds is 4. The number of methoxy groups -OCH3 is 1. The topological polar surface area (TPSA) is 65.2 Å². The van der Waals surface area contributed by atoms with Crippen LogP contribution in [0.5, 0.6) is 0 Å². The Morgan fingerprint density at radius 2 is 2.56 bits per heavy atom. The lowest BCUT2D eigenvalue weighted by molar-refractivity contribution is 0.0564. The summed E-state index contributed by atoms with van der Waals surface area (Å²) in [5.41, 5.74) is 2.46. The van der Waals surface area contributed by atoms with Gasteiger partial charge in [-0.2, -0.15) is 0 Å². The third-order valence-corrected chi connectivity index (χ3v) is 3.72. The predicted molar refractivity (Wildman–Crippen MR) is 59.5 cm³/mol. The highest BCUT2D eigenvalue weighted by Crippen LogP contribution is 2.25. The fourth-order valence-corrected chi connectivity index (χ4v) is 2.55. The molecule has 2 heterocycles. The number of thioether (sulfide) groups is 1. The van der Waals surface area contributed by atoms with Gasteiger partial charge in [0.15, 0.2) is 4.34 Å². The van der Waals surface area contributed by atoms with Gasteiger partial charge in [-0.15, -0.1) is 10.2 Å². The summed E-state index contributed by atoms with van der Waals surface area (Å²) in [6.45, 7) is 0. The first-order valence-electron chi connectivity index (χ1n) is 4.35. The highest BCUT2D eigenvalue weighted by Gasteiger charge is 2.16. The zero-order chi connectivity index (χ0) is 11.4. The van der Waals surface area contributed by atoms with E-state index in [0.29, 0.717) is 5.75 Å². The second-order valence-corrected chi connectivity index (χ2v) is 4.82. The molecule has 2 rings (SSSR count). The summed E-state index contributed by atoms with van der Waals surface area (Å²) >= 11 is 2.96. The van der Waals surface area contributed by atoms with Crippen molar-refractivity contribution in [1.29, 1.82) is 0 Å². The third-order valence-electron chi connectivity index (χ3n) is 1.81. The molecule has 7 heteroatoms. The van der Waals surface area contributed by atoms with Crippen LogP contribution in [-0.2, 0) is 10.5 Å². The van der Waals surface area contributed by atoms with Crippen LogP contribution in [0, 0.1) is 0 Å². The molecule has 5 nitrogen and oxygen atoms in total. The van der Waals surface area contributed by atoms with Crippen molar-refractivity contribution in [2.45, 2.75) is 10.1 Å². The SMILES string of the molecule is COC(=O)c1occc1CSc1nncs1. The van der Waals surface area contributed by atoms with Gasteiger partial charge in [-0.1, -0.05) is 23.1 Å². The van der Waals surface area contributed by atoms with Crippen molar-refractivity contribution in [3.8, 4) is 0 Å². The van der Waals surface area contributed by atoms with Crippen LogP contribution in [-0.4, -0.2) is 23.3 Å². The molecule has 0 spiro atoms. The van der Waals surface area contributed by atoms with Gasteiger partial charge in [-0.3, -0.25) is 0 Å². The minimum atomic E-state index is -0.460. The van der Waals surface area contributed by atoms with Crippen molar-refractivity contribution in [1.82, 2.24) is 10.2 Å². The highest BCUT2D eigenvalue weighted by molar-refractivity contribution is 8.00. The molecular weight excluding hydrogens is 248 g/mol. The monoisotopic (exact) mass is 256 g/mol. The Morgan fingerprint density at radius 1 is 1.69 bits per heavy atom. The normalized spacial score (nSPS) is 10.3. The number of hydrogen-bond acceptors (Lipinski definition) is 7. The average Bonchev–Trinajstić information content (AvgIpc) is 2.96. The molecule has 2 aromatic rings. The number of esters is 1. The molecule has 0 aliphatic heterocycles. The Kier molecular flexibility index (Phi) is 3.58. The molecule has 0 aromatic carbocycles. The maximum Gasteiger partial charge on any atom is 0.374 e. The molecule has 0 aliphatic carbocycles. The van der Waals surface area contributed by atoms with Crippen LogP contribution in [0.3, 0.4) is 0 Å². The maximum atomic E-state index is 11.3. The smallest absolute Gasteiger partial charge is 0.374 e. The Balaban J connectivity index is 2.04. The largest absolute Gasteiger partial charge is 0.463 e. The van der Waals surface area contributed by atoms with E-state index in [4.69, 9.17) is 4.42 Å². The number of ether oxygens (including phenoxy) is 1. The lowest BCUT2D eigenvalue weighted by Gasteiger charge is -1.98. The van der Waals surface area contributed by atoms with Crippen molar-refractivity contribution < 1.29 is 13.9 Å². The van der Waals surface area contributed by atoms with Crippen LogP contribution in [0.15, 0.2) is 26.6 Å². The summed E-state index contributed by atoms with van der Waals surface area (Å²) in [6, 6.07) is 1.75. The Bertz CT molecular complexity index is 467. The first-order valence-corrected chi connectivity index (χ1v) is 6.21. The third kappa shape index (κ3) is 2.42. The Hall–Kier alpha value is -1.34. The van der Waals surface area contributed by atoms with Crippen molar-refractivity contribution in [3.05, 3.63) is 29.2 Å². The summed E-state index contributed by atoms with van der Waals surface area (Å²) in [5, 5.41) is 7.62. The minimum absolute atomic E-state index is 0.250. The molecule has 0 aliphatic rings. The summed E-state index contributed by atoms with van der Waals surface area (Å²) in [6.07, 6.45) is 1.47. The van der Waals surface area contributed by atoms with Gasteiger partial charge in [0.2, 0.25) is 5.76 Å². The van der Waals surface area contributed by atoms with E-state index in [9.17, 15) is 4.79 Å². The number of nitrogens with zero attached hydrogens (tertiary/aromatic N) is 2. The molecule has 0 N–H and O–H groups in total. The van der Waals surface area contributed by atoms with E-state index in [-0.39, 0.29) is 5.76 Å². The molecular formula is C9H8N2O3S2. The van der Waals surface area contributed by atoms with E-state index in [2.05, 4.69) is 14.9 Å². The van der Waals surface area contributed by atoms with Crippen LogP contribution in [0.1, 0.15) is 16.1 Å². The van der Waals surface area contributed by atoms with Gasteiger partial charge in [-0.05, 0) is 6.07 Å². The zero-order valence-corrected chi connectivity index (χ0v) is 10.0. The van der Waals surface area contributed by atoms with Gasteiger partial charge in [-0.25, -0.2) is 4.79 Å². The Labute approximate surface area is 99.8 Å². The first-order chi connectivity index (χ1) is 7.81. The molecule has 0 unspecified atom stereocenters. The van der Waals surface area contributed by atoms with Crippen LogP contribution < -0.4 is 0 Å². The molecule has 84 valence electrons. The van der Waals surface area contributed by atoms with Crippen molar-refractivity contribution >= 4 is 29.1 Å². The van der Waals surface area contributed by atoms with E-state index in [0.717, 1.165) is 9.90 Å². The molecule has 16 heavy (non-hydrogen) atoms. The van der Waals surface area contributed by atoms with Gasteiger partial charge < -0.3 is 9.15 Å².